The van der Waals surface area contributed by atoms with E-state index in [9.17, 15) is 0 Å². The fourth-order valence-electron chi connectivity index (χ4n) is 2.58. The molecule has 0 aromatic carbocycles. The summed E-state index contributed by atoms with van der Waals surface area (Å²) in [7, 11) is 0. The molecule has 14 heavy (non-hydrogen) atoms. The Kier molecular flexibility index (Phi) is 4.68. The molecule has 2 N–H and O–H groups in total. The minimum atomic E-state index is 0. The van der Waals surface area contributed by atoms with Crippen molar-refractivity contribution in [3.05, 3.63) is 0 Å². The molecule has 1 heterocycles. The number of hydrogen-bond donors (Lipinski definition) is 1. The van der Waals surface area contributed by atoms with E-state index in [1.165, 1.54) is 38.6 Å². The van der Waals surface area contributed by atoms with Gasteiger partial charge in [-0.25, -0.2) is 0 Å². The van der Waals surface area contributed by atoms with Crippen LogP contribution in [0.2, 0.25) is 0 Å². The molecule has 2 atom stereocenters. The smallest absolute Gasteiger partial charge is 0.0180 e. The summed E-state index contributed by atoms with van der Waals surface area (Å²) in [4.78, 5) is 2.57. The fourth-order valence-corrected chi connectivity index (χ4v) is 2.58. The van der Waals surface area contributed by atoms with Crippen LogP contribution in [0.4, 0.5) is 0 Å². The Bertz CT molecular complexity index is 171. The third-order valence-electron chi connectivity index (χ3n) is 3.78. The summed E-state index contributed by atoms with van der Waals surface area (Å²) in [5.41, 5.74) is 5.90. The summed E-state index contributed by atoms with van der Waals surface area (Å²) in [5, 5.41) is 0. The van der Waals surface area contributed by atoms with E-state index in [0.29, 0.717) is 6.04 Å². The average molecular weight is 219 g/mol. The first-order valence-corrected chi connectivity index (χ1v) is 5.75. The molecule has 2 fully saturated rings. The minimum absolute atomic E-state index is 0. The van der Waals surface area contributed by atoms with Gasteiger partial charge in [0.25, 0.3) is 0 Å². The maximum Gasteiger partial charge on any atom is 0.0180 e. The molecule has 1 unspecified atom stereocenters. The van der Waals surface area contributed by atoms with Gasteiger partial charge < -0.3 is 5.73 Å². The van der Waals surface area contributed by atoms with Gasteiger partial charge >= 0.3 is 0 Å². The predicted octanol–water partition coefficient (Wildman–Crippen LogP) is 2.02. The van der Waals surface area contributed by atoms with E-state index in [1.54, 1.807) is 0 Å². The Morgan fingerprint density at radius 2 is 2.07 bits per heavy atom. The summed E-state index contributed by atoms with van der Waals surface area (Å²) in [6, 6.07) is 1.22. The van der Waals surface area contributed by atoms with Gasteiger partial charge in [0.1, 0.15) is 0 Å². The van der Waals surface area contributed by atoms with Crippen molar-refractivity contribution >= 4 is 12.4 Å². The van der Waals surface area contributed by atoms with Crippen molar-refractivity contribution in [2.75, 3.05) is 13.1 Å². The molecule has 2 aliphatic rings. The number of nitrogens with two attached hydrogens (primary N) is 1. The number of rotatable bonds is 3. The zero-order valence-electron chi connectivity index (χ0n) is 9.11. The lowest BCUT2D eigenvalue weighted by Crippen LogP contribution is -2.35. The van der Waals surface area contributed by atoms with Crippen molar-refractivity contribution in [3.8, 4) is 0 Å². The number of halogens is 1. The van der Waals surface area contributed by atoms with E-state index in [4.69, 9.17) is 5.73 Å². The van der Waals surface area contributed by atoms with E-state index >= 15 is 0 Å². The highest BCUT2D eigenvalue weighted by Crippen LogP contribution is 2.32. The summed E-state index contributed by atoms with van der Waals surface area (Å²) in [6.45, 7) is 4.74. The van der Waals surface area contributed by atoms with Gasteiger partial charge in [0.2, 0.25) is 0 Å². The van der Waals surface area contributed by atoms with Crippen molar-refractivity contribution < 1.29 is 0 Å². The van der Waals surface area contributed by atoms with Crippen LogP contribution in [0.15, 0.2) is 0 Å². The zero-order chi connectivity index (χ0) is 9.26. The van der Waals surface area contributed by atoms with Crippen LogP contribution in [0.1, 0.15) is 39.0 Å². The molecule has 2 rings (SSSR count). The van der Waals surface area contributed by atoms with Crippen LogP contribution in [0.3, 0.4) is 0 Å². The van der Waals surface area contributed by atoms with Crippen LogP contribution in [0, 0.1) is 5.92 Å². The maximum absolute atomic E-state index is 5.90. The van der Waals surface area contributed by atoms with Gasteiger partial charge in [-0.3, -0.25) is 4.90 Å². The maximum atomic E-state index is 5.90. The molecule has 0 amide bonds. The van der Waals surface area contributed by atoms with E-state index in [1.807, 2.05) is 0 Å². The highest BCUT2D eigenvalue weighted by atomic mass is 35.5. The third-order valence-corrected chi connectivity index (χ3v) is 3.78. The average Bonchev–Trinajstić information content (AvgIpc) is 2.44. The minimum Gasteiger partial charge on any atom is -0.326 e. The van der Waals surface area contributed by atoms with Gasteiger partial charge in [-0.1, -0.05) is 19.3 Å². The molecular weight excluding hydrogens is 196 g/mol. The lowest BCUT2D eigenvalue weighted by Gasteiger charge is -2.32. The third kappa shape index (κ3) is 2.85. The van der Waals surface area contributed by atoms with Crippen molar-refractivity contribution in [1.29, 1.82) is 0 Å². The topological polar surface area (TPSA) is 29.3 Å². The predicted molar refractivity (Wildman–Crippen MR) is 62.8 cm³/mol. The fraction of sp³-hybridized carbons (Fsp3) is 1.00. The standard InChI is InChI=1S/C11H22N2.ClH/c1-9(7-10-3-2-4-10)13-6-5-11(12)8-13;/h9-11H,2-8,12H2,1H3;1H/t9?,11-;/m1./s1. The van der Waals surface area contributed by atoms with Gasteiger partial charge in [0, 0.05) is 18.6 Å². The molecular formula is C11H23ClN2. The van der Waals surface area contributed by atoms with Crippen molar-refractivity contribution in [1.82, 2.24) is 4.90 Å². The molecule has 3 heteroatoms. The molecule has 1 saturated heterocycles. The summed E-state index contributed by atoms with van der Waals surface area (Å²) < 4.78 is 0. The van der Waals surface area contributed by atoms with Crippen LogP contribution in [-0.2, 0) is 0 Å². The molecule has 0 aromatic heterocycles. The van der Waals surface area contributed by atoms with Gasteiger partial charge in [0.15, 0.2) is 0 Å². The lowest BCUT2D eigenvalue weighted by atomic mass is 9.81. The van der Waals surface area contributed by atoms with Gasteiger partial charge in [0.05, 0.1) is 0 Å². The van der Waals surface area contributed by atoms with Crippen LogP contribution in [0.25, 0.3) is 0 Å². The monoisotopic (exact) mass is 218 g/mol. The molecule has 0 radical (unpaired) electrons. The SMILES string of the molecule is CC(CC1CCC1)N1CC[C@@H](N)C1.Cl. The van der Waals surface area contributed by atoms with Crippen molar-refractivity contribution in [2.24, 2.45) is 11.7 Å². The summed E-state index contributed by atoms with van der Waals surface area (Å²) in [6.07, 6.45) is 7.03. The van der Waals surface area contributed by atoms with Crippen LogP contribution >= 0.6 is 12.4 Å². The summed E-state index contributed by atoms with van der Waals surface area (Å²) >= 11 is 0. The molecule has 1 aliphatic carbocycles. The van der Waals surface area contributed by atoms with E-state index in [0.717, 1.165) is 18.5 Å². The van der Waals surface area contributed by atoms with E-state index in [2.05, 4.69) is 11.8 Å². The Hall–Kier alpha value is 0.210. The highest BCUT2D eigenvalue weighted by molar-refractivity contribution is 5.85. The molecule has 1 saturated carbocycles. The Morgan fingerprint density at radius 3 is 2.50 bits per heavy atom. The molecule has 1 aliphatic heterocycles. The van der Waals surface area contributed by atoms with Crippen LogP contribution in [0.5, 0.6) is 0 Å². The van der Waals surface area contributed by atoms with E-state index in [-0.39, 0.29) is 12.4 Å². The number of hydrogen-bond acceptors (Lipinski definition) is 2. The first-order chi connectivity index (χ1) is 6.25. The van der Waals surface area contributed by atoms with Crippen molar-refractivity contribution in [2.45, 2.75) is 51.1 Å². The van der Waals surface area contributed by atoms with Crippen LogP contribution < -0.4 is 5.73 Å². The molecule has 0 spiro atoms. The molecule has 0 aromatic rings. The normalized spacial score (nSPS) is 30.9. The first-order valence-electron chi connectivity index (χ1n) is 5.75. The Balaban J connectivity index is 0.000000980. The molecule has 2 nitrogen and oxygen atoms in total. The van der Waals surface area contributed by atoms with Gasteiger partial charge in [-0.15, -0.1) is 12.4 Å². The molecule has 84 valence electrons. The number of nitrogens with zero attached hydrogens (tertiary/aromatic N) is 1. The Labute approximate surface area is 93.6 Å². The second-order valence-corrected chi connectivity index (χ2v) is 4.93. The first kappa shape index (κ1) is 12.3. The van der Waals surface area contributed by atoms with Gasteiger partial charge in [-0.2, -0.15) is 0 Å². The molecule has 0 bridgehead atoms. The lowest BCUT2D eigenvalue weighted by molar-refractivity contribution is 0.180. The van der Waals surface area contributed by atoms with Crippen LogP contribution in [-0.4, -0.2) is 30.1 Å². The second kappa shape index (κ2) is 5.34. The highest BCUT2D eigenvalue weighted by Gasteiger charge is 2.27. The number of likely N-dealkylation sites (tertiary alicyclic amines) is 1. The second-order valence-electron chi connectivity index (χ2n) is 4.93. The van der Waals surface area contributed by atoms with Crippen molar-refractivity contribution in [3.63, 3.8) is 0 Å². The summed E-state index contributed by atoms with van der Waals surface area (Å²) in [5.74, 6) is 1.03. The van der Waals surface area contributed by atoms with Gasteiger partial charge in [-0.05, 0) is 32.2 Å². The quantitative estimate of drug-likeness (QED) is 0.786. The largest absolute Gasteiger partial charge is 0.326 e. The zero-order valence-corrected chi connectivity index (χ0v) is 9.93. The van der Waals surface area contributed by atoms with E-state index < -0.39 is 0 Å². The Morgan fingerprint density at radius 1 is 1.36 bits per heavy atom.